The summed E-state index contributed by atoms with van der Waals surface area (Å²) in [7, 11) is 3.50. The molecule has 0 aromatic carbocycles. The number of nitrogens with zero attached hydrogens (tertiary/aromatic N) is 3. The van der Waals surface area contributed by atoms with Crippen molar-refractivity contribution < 1.29 is 4.79 Å². The zero-order valence-electron chi connectivity index (χ0n) is 9.71. The van der Waals surface area contributed by atoms with Gasteiger partial charge in [-0.3, -0.25) is 9.20 Å². The maximum atomic E-state index is 11.5. The number of hydrogen-bond donors (Lipinski definition) is 1. The number of thiazole rings is 1. The van der Waals surface area contributed by atoms with Crippen LogP contribution in [0.4, 0.5) is 0 Å². The van der Waals surface area contributed by atoms with Gasteiger partial charge in [0.15, 0.2) is 4.96 Å². The Morgan fingerprint density at radius 3 is 3.06 bits per heavy atom. The predicted molar refractivity (Wildman–Crippen MR) is 70.4 cm³/mol. The van der Waals surface area contributed by atoms with Crippen LogP contribution in [-0.4, -0.2) is 40.0 Å². The van der Waals surface area contributed by atoms with Gasteiger partial charge in [0.25, 0.3) is 0 Å². The number of thioether (sulfide) groups is 1. The first-order chi connectivity index (χ1) is 8.13. The zero-order chi connectivity index (χ0) is 12.4. The fourth-order valence-corrected chi connectivity index (χ4v) is 3.18. The number of imidazole rings is 1. The first-order valence-corrected chi connectivity index (χ1v) is 6.97. The third-order valence-corrected chi connectivity index (χ3v) is 4.10. The predicted octanol–water partition coefficient (Wildman–Crippen LogP) is 1.03. The molecule has 0 saturated carbocycles. The fraction of sp³-hybridized carbons (Fsp3) is 0.400. The average molecular weight is 270 g/mol. The molecule has 5 nitrogen and oxygen atoms in total. The van der Waals surface area contributed by atoms with Crippen LogP contribution in [0, 0.1) is 0 Å². The van der Waals surface area contributed by atoms with E-state index in [1.807, 2.05) is 16.0 Å². The molecule has 0 saturated heterocycles. The van der Waals surface area contributed by atoms with Gasteiger partial charge < -0.3 is 10.6 Å². The summed E-state index contributed by atoms with van der Waals surface area (Å²) in [5.41, 5.74) is 6.69. The van der Waals surface area contributed by atoms with Crippen molar-refractivity contribution in [2.75, 3.05) is 19.8 Å². The molecule has 0 radical (unpaired) electrons. The molecular weight excluding hydrogens is 256 g/mol. The van der Waals surface area contributed by atoms with Gasteiger partial charge in [0.05, 0.1) is 11.4 Å². The second kappa shape index (κ2) is 5.07. The highest BCUT2D eigenvalue weighted by Gasteiger charge is 2.14. The lowest BCUT2D eigenvalue weighted by Crippen LogP contribution is -2.23. The van der Waals surface area contributed by atoms with Crippen LogP contribution < -0.4 is 5.73 Å². The van der Waals surface area contributed by atoms with E-state index < -0.39 is 0 Å². The fourth-order valence-electron chi connectivity index (χ4n) is 1.37. The number of carbonyl (C=O) groups excluding carboxylic acids is 1. The number of amides is 1. The molecule has 2 heterocycles. The molecule has 0 aliphatic heterocycles. The molecule has 1 amide bonds. The lowest BCUT2D eigenvalue weighted by atomic mass is 10.5. The van der Waals surface area contributed by atoms with Crippen molar-refractivity contribution in [3.63, 3.8) is 0 Å². The Kier molecular flexibility index (Phi) is 3.70. The second-order valence-corrected chi connectivity index (χ2v) is 5.54. The highest BCUT2D eigenvalue weighted by Crippen LogP contribution is 2.25. The first kappa shape index (κ1) is 12.4. The molecule has 17 heavy (non-hydrogen) atoms. The number of fused-ring (bicyclic) bond motifs is 1. The van der Waals surface area contributed by atoms with Gasteiger partial charge >= 0.3 is 0 Å². The van der Waals surface area contributed by atoms with Crippen LogP contribution in [0.1, 0.15) is 5.69 Å². The Labute approximate surface area is 108 Å². The molecule has 0 spiro atoms. The summed E-state index contributed by atoms with van der Waals surface area (Å²) in [6.45, 7) is 0.427. The van der Waals surface area contributed by atoms with Gasteiger partial charge in [-0.1, -0.05) is 11.8 Å². The molecule has 2 aromatic heterocycles. The molecule has 2 aromatic rings. The molecule has 2 rings (SSSR count). The Morgan fingerprint density at radius 2 is 2.41 bits per heavy atom. The van der Waals surface area contributed by atoms with Gasteiger partial charge in [0.1, 0.15) is 5.03 Å². The maximum Gasteiger partial charge on any atom is 0.232 e. The van der Waals surface area contributed by atoms with Crippen molar-refractivity contribution in [1.82, 2.24) is 14.3 Å². The van der Waals surface area contributed by atoms with Crippen molar-refractivity contribution in [3.05, 3.63) is 17.3 Å². The van der Waals surface area contributed by atoms with Gasteiger partial charge in [-0.2, -0.15) is 0 Å². The standard InChI is InChI=1S/C10H14N4OS2/c1-13(2)8(15)6-17-9-7(5-11)14-3-4-16-10(14)12-9/h3-4H,5-6,11H2,1-2H3. The Bertz CT molecular complexity index is 531. The van der Waals surface area contributed by atoms with E-state index in [0.29, 0.717) is 12.3 Å². The highest BCUT2D eigenvalue weighted by molar-refractivity contribution is 7.99. The monoisotopic (exact) mass is 270 g/mol. The van der Waals surface area contributed by atoms with Gasteiger partial charge in [0, 0.05) is 32.2 Å². The van der Waals surface area contributed by atoms with Crippen LogP contribution in [0.3, 0.4) is 0 Å². The van der Waals surface area contributed by atoms with Gasteiger partial charge in [-0.25, -0.2) is 4.98 Å². The average Bonchev–Trinajstić information content (AvgIpc) is 2.84. The van der Waals surface area contributed by atoms with Gasteiger partial charge in [0.2, 0.25) is 5.91 Å². The molecule has 0 aliphatic carbocycles. The van der Waals surface area contributed by atoms with E-state index in [9.17, 15) is 4.79 Å². The minimum absolute atomic E-state index is 0.0781. The minimum atomic E-state index is 0.0781. The normalized spacial score (nSPS) is 11.0. The van der Waals surface area contributed by atoms with E-state index in [1.165, 1.54) is 11.8 Å². The summed E-state index contributed by atoms with van der Waals surface area (Å²) < 4.78 is 1.98. The van der Waals surface area contributed by atoms with Crippen LogP contribution in [0.5, 0.6) is 0 Å². The minimum Gasteiger partial charge on any atom is -0.348 e. The topological polar surface area (TPSA) is 63.6 Å². The summed E-state index contributed by atoms with van der Waals surface area (Å²) in [4.78, 5) is 18.5. The lowest BCUT2D eigenvalue weighted by molar-refractivity contribution is -0.125. The molecule has 0 fully saturated rings. The first-order valence-electron chi connectivity index (χ1n) is 5.11. The summed E-state index contributed by atoms with van der Waals surface area (Å²) in [6, 6.07) is 0. The van der Waals surface area contributed by atoms with Crippen molar-refractivity contribution in [2.45, 2.75) is 11.6 Å². The van der Waals surface area contributed by atoms with Crippen LogP contribution in [0.2, 0.25) is 0 Å². The second-order valence-electron chi connectivity index (χ2n) is 3.70. The van der Waals surface area contributed by atoms with E-state index in [1.54, 1.807) is 30.3 Å². The van der Waals surface area contributed by atoms with Crippen LogP contribution in [-0.2, 0) is 11.3 Å². The highest BCUT2D eigenvalue weighted by atomic mass is 32.2. The maximum absolute atomic E-state index is 11.5. The third-order valence-electron chi connectivity index (χ3n) is 2.35. The third kappa shape index (κ3) is 2.46. The molecule has 0 atom stereocenters. The SMILES string of the molecule is CN(C)C(=O)CSc1nc2sccn2c1CN. The summed E-state index contributed by atoms with van der Waals surface area (Å²) >= 11 is 3.01. The molecule has 0 bridgehead atoms. The number of nitrogens with two attached hydrogens (primary N) is 1. The molecular formula is C10H14N4OS2. The summed E-state index contributed by atoms with van der Waals surface area (Å²) in [5, 5.41) is 2.83. The van der Waals surface area contributed by atoms with Crippen molar-refractivity contribution >= 4 is 34.0 Å². The van der Waals surface area contributed by atoms with Gasteiger partial charge in [-0.05, 0) is 0 Å². The van der Waals surface area contributed by atoms with Crippen LogP contribution in [0.25, 0.3) is 4.96 Å². The molecule has 0 aliphatic rings. The van der Waals surface area contributed by atoms with Crippen molar-refractivity contribution in [3.8, 4) is 0 Å². The number of carbonyl (C=O) groups is 1. The number of aromatic nitrogens is 2. The van der Waals surface area contributed by atoms with E-state index >= 15 is 0 Å². The van der Waals surface area contributed by atoms with Crippen molar-refractivity contribution in [2.24, 2.45) is 5.73 Å². The van der Waals surface area contributed by atoms with E-state index in [-0.39, 0.29) is 5.91 Å². The Morgan fingerprint density at radius 1 is 1.65 bits per heavy atom. The van der Waals surface area contributed by atoms with E-state index in [0.717, 1.165) is 15.7 Å². The molecule has 0 unspecified atom stereocenters. The molecule has 2 N–H and O–H groups in total. The number of rotatable bonds is 4. The van der Waals surface area contributed by atoms with Crippen LogP contribution in [0.15, 0.2) is 16.6 Å². The summed E-state index contributed by atoms with van der Waals surface area (Å²) in [5.74, 6) is 0.472. The van der Waals surface area contributed by atoms with E-state index in [4.69, 9.17) is 5.73 Å². The van der Waals surface area contributed by atoms with Crippen LogP contribution >= 0.6 is 23.1 Å². The van der Waals surface area contributed by atoms with Crippen molar-refractivity contribution in [1.29, 1.82) is 0 Å². The molecule has 92 valence electrons. The summed E-state index contributed by atoms with van der Waals surface area (Å²) in [6.07, 6.45) is 1.95. The molecule has 7 heteroatoms. The lowest BCUT2D eigenvalue weighted by Gasteiger charge is -2.08. The smallest absolute Gasteiger partial charge is 0.232 e. The zero-order valence-corrected chi connectivity index (χ0v) is 11.3. The Balaban J connectivity index is 2.18. The number of hydrogen-bond acceptors (Lipinski definition) is 5. The quantitative estimate of drug-likeness (QED) is 0.843. The largest absolute Gasteiger partial charge is 0.348 e. The Hall–Kier alpha value is -1.05. The van der Waals surface area contributed by atoms with Gasteiger partial charge in [-0.15, -0.1) is 11.3 Å². The van der Waals surface area contributed by atoms with E-state index in [2.05, 4.69) is 4.98 Å².